The van der Waals surface area contributed by atoms with E-state index >= 15 is 0 Å². The fraction of sp³-hybridized carbons (Fsp3) is 0.105. The average Bonchev–Trinajstić information content (AvgIpc) is 3.08. The van der Waals surface area contributed by atoms with Gasteiger partial charge in [0.1, 0.15) is 5.75 Å². The zero-order valence-electron chi connectivity index (χ0n) is 13.8. The number of para-hydroxylation sites is 2. The minimum Gasteiger partial charge on any atom is -0.484 e. The molecule has 3 aromatic rings. The minimum absolute atomic E-state index is 0.104. The van der Waals surface area contributed by atoms with Crippen LogP contribution >= 0.6 is 11.3 Å². The van der Waals surface area contributed by atoms with E-state index < -0.39 is 0 Å². The third-order valence-corrected chi connectivity index (χ3v) is 4.12. The maximum absolute atomic E-state index is 12.0. The zero-order valence-corrected chi connectivity index (χ0v) is 14.7. The maximum atomic E-state index is 12.0. The molecular formula is C19H17N3O3S. The van der Waals surface area contributed by atoms with Gasteiger partial charge in [0.15, 0.2) is 11.7 Å². The van der Waals surface area contributed by atoms with E-state index in [0.717, 1.165) is 5.69 Å². The highest BCUT2D eigenvalue weighted by atomic mass is 32.1. The van der Waals surface area contributed by atoms with Crippen LogP contribution in [-0.2, 0) is 16.0 Å². The monoisotopic (exact) mass is 367 g/mol. The number of hydrogen-bond acceptors (Lipinski definition) is 5. The number of anilines is 2. The Hall–Kier alpha value is -3.19. The van der Waals surface area contributed by atoms with Gasteiger partial charge in [-0.25, -0.2) is 4.98 Å². The number of nitrogens with zero attached hydrogens (tertiary/aromatic N) is 1. The molecule has 0 aliphatic carbocycles. The lowest BCUT2D eigenvalue weighted by Crippen LogP contribution is -2.20. The van der Waals surface area contributed by atoms with Crippen molar-refractivity contribution in [3.63, 3.8) is 0 Å². The predicted octanol–water partition coefficient (Wildman–Crippen LogP) is 3.34. The van der Waals surface area contributed by atoms with Gasteiger partial charge in [0.25, 0.3) is 5.91 Å². The SMILES string of the molecule is O=C(Cc1csc(NC(=O)COc2ccccc2)n1)Nc1ccccc1. The molecule has 1 heterocycles. The second-order valence-electron chi connectivity index (χ2n) is 5.38. The number of benzene rings is 2. The quantitative estimate of drug-likeness (QED) is 0.671. The molecule has 26 heavy (non-hydrogen) atoms. The molecule has 7 heteroatoms. The number of ether oxygens (including phenoxy) is 1. The standard InChI is InChI=1S/C19H17N3O3S/c23-17(20-14-7-3-1-4-8-14)11-15-13-26-19(21-15)22-18(24)12-25-16-9-5-2-6-10-16/h1-10,13H,11-12H2,(H,20,23)(H,21,22,24). The molecule has 0 aliphatic rings. The van der Waals surface area contributed by atoms with Crippen molar-refractivity contribution in [3.8, 4) is 5.75 Å². The van der Waals surface area contributed by atoms with Gasteiger partial charge in [0, 0.05) is 11.1 Å². The zero-order chi connectivity index (χ0) is 18.2. The van der Waals surface area contributed by atoms with Crippen molar-refractivity contribution in [1.82, 2.24) is 4.98 Å². The van der Waals surface area contributed by atoms with E-state index in [9.17, 15) is 9.59 Å². The highest BCUT2D eigenvalue weighted by Crippen LogP contribution is 2.17. The smallest absolute Gasteiger partial charge is 0.264 e. The maximum Gasteiger partial charge on any atom is 0.264 e. The summed E-state index contributed by atoms with van der Waals surface area (Å²) in [6.07, 6.45) is 0.141. The van der Waals surface area contributed by atoms with E-state index in [1.807, 2.05) is 48.5 Å². The van der Waals surface area contributed by atoms with Gasteiger partial charge in [-0.05, 0) is 24.3 Å². The first kappa shape index (κ1) is 17.6. The number of thiazole rings is 1. The van der Waals surface area contributed by atoms with Gasteiger partial charge in [0.05, 0.1) is 12.1 Å². The summed E-state index contributed by atoms with van der Waals surface area (Å²) < 4.78 is 5.38. The van der Waals surface area contributed by atoms with E-state index in [-0.39, 0.29) is 24.8 Å². The molecule has 0 unspecified atom stereocenters. The van der Waals surface area contributed by atoms with Crippen molar-refractivity contribution in [2.24, 2.45) is 0 Å². The largest absolute Gasteiger partial charge is 0.484 e. The van der Waals surface area contributed by atoms with Crippen LogP contribution in [0.2, 0.25) is 0 Å². The molecule has 1 aromatic heterocycles. The number of amides is 2. The Labute approximate surface area is 154 Å². The van der Waals surface area contributed by atoms with Crippen LogP contribution in [-0.4, -0.2) is 23.4 Å². The Balaban J connectivity index is 1.46. The molecule has 0 bridgehead atoms. The van der Waals surface area contributed by atoms with Crippen molar-refractivity contribution < 1.29 is 14.3 Å². The highest BCUT2D eigenvalue weighted by molar-refractivity contribution is 7.13. The Kier molecular flexibility index (Phi) is 5.95. The molecule has 0 atom stereocenters. The van der Waals surface area contributed by atoms with Gasteiger partial charge < -0.3 is 10.1 Å². The summed E-state index contributed by atoms with van der Waals surface area (Å²) in [6.45, 7) is -0.104. The summed E-state index contributed by atoms with van der Waals surface area (Å²) in [7, 11) is 0. The van der Waals surface area contributed by atoms with Gasteiger partial charge >= 0.3 is 0 Å². The molecule has 2 aromatic carbocycles. The highest BCUT2D eigenvalue weighted by Gasteiger charge is 2.10. The third-order valence-electron chi connectivity index (χ3n) is 3.31. The van der Waals surface area contributed by atoms with Gasteiger partial charge in [-0.2, -0.15) is 0 Å². The van der Waals surface area contributed by atoms with Gasteiger partial charge in [-0.1, -0.05) is 36.4 Å². The van der Waals surface area contributed by atoms with Crippen LogP contribution in [0.15, 0.2) is 66.0 Å². The molecule has 0 spiro atoms. The summed E-state index contributed by atoms with van der Waals surface area (Å²) in [5.41, 5.74) is 1.34. The molecule has 0 saturated carbocycles. The lowest BCUT2D eigenvalue weighted by atomic mass is 10.3. The Morgan fingerprint density at radius 3 is 2.35 bits per heavy atom. The summed E-state index contributed by atoms with van der Waals surface area (Å²) in [5.74, 6) is 0.162. The van der Waals surface area contributed by atoms with Crippen molar-refractivity contribution in [1.29, 1.82) is 0 Å². The molecular weight excluding hydrogens is 350 g/mol. The van der Waals surface area contributed by atoms with E-state index in [1.165, 1.54) is 11.3 Å². The first-order valence-corrected chi connectivity index (χ1v) is 8.84. The van der Waals surface area contributed by atoms with Gasteiger partial charge in [-0.15, -0.1) is 11.3 Å². The van der Waals surface area contributed by atoms with Gasteiger partial charge in [0.2, 0.25) is 5.91 Å². The Morgan fingerprint density at radius 1 is 0.923 bits per heavy atom. The van der Waals surface area contributed by atoms with Crippen LogP contribution in [0.3, 0.4) is 0 Å². The Bertz CT molecular complexity index is 866. The summed E-state index contributed by atoms with van der Waals surface area (Å²) in [4.78, 5) is 28.2. The van der Waals surface area contributed by atoms with Crippen molar-refractivity contribution in [2.45, 2.75) is 6.42 Å². The first-order chi connectivity index (χ1) is 12.7. The molecule has 132 valence electrons. The second-order valence-corrected chi connectivity index (χ2v) is 6.24. The van der Waals surface area contributed by atoms with Crippen LogP contribution in [0.1, 0.15) is 5.69 Å². The molecule has 2 amide bonds. The molecule has 0 aliphatic heterocycles. The molecule has 6 nitrogen and oxygen atoms in total. The normalized spacial score (nSPS) is 10.2. The van der Waals surface area contributed by atoms with E-state index in [0.29, 0.717) is 16.6 Å². The molecule has 0 fully saturated rings. The van der Waals surface area contributed by atoms with Crippen molar-refractivity contribution in [2.75, 3.05) is 17.2 Å². The summed E-state index contributed by atoms with van der Waals surface area (Å²) in [5, 5.41) is 7.65. The lowest BCUT2D eigenvalue weighted by Gasteiger charge is -2.05. The van der Waals surface area contributed by atoms with Crippen LogP contribution in [0.4, 0.5) is 10.8 Å². The average molecular weight is 367 g/mol. The van der Waals surface area contributed by atoms with E-state index in [2.05, 4.69) is 15.6 Å². The molecule has 0 radical (unpaired) electrons. The fourth-order valence-electron chi connectivity index (χ4n) is 2.16. The molecule has 2 N–H and O–H groups in total. The van der Waals surface area contributed by atoms with Crippen LogP contribution in [0, 0.1) is 0 Å². The summed E-state index contributed by atoms with van der Waals surface area (Å²) >= 11 is 1.27. The van der Waals surface area contributed by atoms with Crippen LogP contribution in [0.5, 0.6) is 5.75 Å². The van der Waals surface area contributed by atoms with Gasteiger partial charge in [-0.3, -0.25) is 14.9 Å². The topological polar surface area (TPSA) is 80.3 Å². The van der Waals surface area contributed by atoms with Crippen LogP contribution < -0.4 is 15.4 Å². The van der Waals surface area contributed by atoms with Crippen molar-refractivity contribution in [3.05, 3.63) is 71.7 Å². The van der Waals surface area contributed by atoms with E-state index in [1.54, 1.807) is 17.5 Å². The number of hydrogen-bond donors (Lipinski definition) is 2. The van der Waals surface area contributed by atoms with Crippen LogP contribution in [0.25, 0.3) is 0 Å². The number of nitrogens with one attached hydrogen (secondary N) is 2. The predicted molar refractivity (Wildman–Crippen MR) is 101 cm³/mol. The minimum atomic E-state index is -0.302. The van der Waals surface area contributed by atoms with E-state index in [4.69, 9.17) is 4.74 Å². The second kappa shape index (κ2) is 8.77. The lowest BCUT2D eigenvalue weighted by molar-refractivity contribution is -0.118. The summed E-state index contributed by atoms with van der Waals surface area (Å²) in [6, 6.07) is 18.3. The number of aromatic nitrogens is 1. The fourth-order valence-corrected chi connectivity index (χ4v) is 2.88. The van der Waals surface area contributed by atoms with Crippen molar-refractivity contribution >= 4 is 34.0 Å². The first-order valence-electron chi connectivity index (χ1n) is 7.96. The number of carbonyl (C=O) groups is 2. The third kappa shape index (κ3) is 5.42. The molecule has 0 saturated heterocycles. The Morgan fingerprint density at radius 2 is 1.62 bits per heavy atom. The molecule has 3 rings (SSSR count). The number of carbonyl (C=O) groups excluding carboxylic acids is 2. The number of rotatable bonds is 7.